The lowest BCUT2D eigenvalue weighted by Crippen LogP contribution is -2.21. The van der Waals surface area contributed by atoms with Gasteiger partial charge in [-0.25, -0.2) is 4.79 Å². The van der Waals surface area contributed by atoms with Gasteiger partial charge in [0, 0.05) is 19.2 Å². The molecule has 158 valence electrons. The molecule has 0 unspecified atom stereocenters. The van der Waals surface area contributed by atoms with Crippen LogP contribution in [0.15, 0.2) is 53.3 Å². The lowest BCUT2D eigenvalue weighted by molar-refractivity contribution is -0.137. The number of rotatable bonds is 5. The average Bonchev–Trinajstić information content (AvgIpc) is 3.22. The summed E-state index contributed by atoms with van der Waals surface area (Å²) in [5.41, 5.74) is -0.536. The monoisotopic (exact) mass is 428 g/mol. The average molecular weight is 428 g/mol. The Kier molecular flexibility index (Phi) is 5.25. The van der Waals surface area contributed by atoms with Gasteiger partial charge in [0.15, 0.2) is 0 Å². The van der Waals surface area contributed by atoms with E-state index in [1.165, 1.54) is 28.8 Å². The van der Waals surface area contributed by atoms with Crippen LogP contribution >= 0.6 is 0 Å². The van der Waals surface area contributed by atoms with Crippen molar-refractivity contribution >= 4 is 5.82 Å². The lowest BCUT2D eigenvalue weighted by atomic mass is 10.1. The number of anilines is 1. The molecule has 10 heteroatoms. The highest BCUT2D eigenvalue weighted by atomic mass is 19.4. The summed E-state index contributed by atoms with van der Waals surface area (Å²) in [7, 11) is 0. The summed E-state index contributed by atoms with van der Waals surface area (Å²) in [5.74, 6) is 0.848. The minimum Gasteiger partial charge on any atom is -0.473 e. The number of benzene rings is 2. The molecule has 7 nitrogen and oxygen atoms in total. The zero-order valence-corrected chi connectivity index (χ0v) is 15.9. The van der Waals surface area contributed by atoms with Crippen LogP contribution in [0.3, 0.4) is 0 Å². The Balaban J connectivity index is 1.49. The number of fused-ring (bicyclic) bond motifs is 1. The molecule has 0 bridgehead atoms. The first-order valence-electron chi connectivity index (χ1n) is 9.20. The minimum absolute atomic E-state index is 0.0361. The maximum Gasteiger partial charge on any atom is 0.416 e. The molecule has 1 N–H and O–H groups in total. The third kappa shape index (κ3) is 4.45. The van der Waals surface area contributed by atoms with Gasteiger partial charge in [-0.3, -0.25) is 4.57 Å². The van der Waals surface area contributed by atoms with E-state index in [9.17, 15) is 23.2 Å². The number of nitriles is 1. The van der Waals surface area contributed by atoms with Crippen LogP contribution in [-0.4, -0.2) is 16.1 Å². The molecule has 2 aromatic carbocycles. The molecule has 2 heterocycles. The Morgan fingerprint density at radius 1 is 1.19 bits per heavy atom. The van der Waals surface area contributed by atoms with Crippen molar-refractivity contribution < 1.29 is 22.6 Å². The van der Waals surface area contributed by atoms with Crippen molar-refractivity contribution in [1.29, 1.82) is 5.26 Å². The van der Waals surface area contributed by atoms with Crippen molar-refractivity contribution in [3.8, 4) is 23.4 Å². The summed E-state index contributed by atoms with van der Waals surface area (Å²) in [6, 6.07) is 12.6. The Morgan fingerprint density at radius 2 is 2.03 bits per heavy atom. The number of halogens is 3. The molecule has 0 aliphatic carbocycles. The molecule has 1 aliphatic heterocycles. The van der Waals surface area contributed by atoms with Gasteiger partial charge in [0.1, 0.15) is 30.0 Å². The fraction of sp³-hybridized carbons (Fsp3) is 0.190. The van der Waals surface area contributed by atoms with Crippen LogP contribution in [0.4, 0.5) is 19.0 Å². The van der Waals surface area contributed by atoms with Crippen molar-refractivity contribution in [2.45, 2.75) is 19.3 Å². The molecule has 4 rings (SSSR count). The Hall–Kier alpha value is -4.00. The number of hydrogen-bond acceptors (Lipinski definition) is 6. The van der Waals surface area contributed by atoms with Gasteiger partial charge in [0.05, 0.1) is 11.1 Å². The molecule has 1 aromatic heterocycles. The van der Waals surface area contributed by atoms with Gasteiger partial charge in [0.25, 0.3) is 0 Å². The third-order valence-corrected chi connectivity index (χ3v) is 4.57. The van der Waals surface area contributed by atoms with Gasteiger partial charge in [-0.05, 0) is 35.9 Å². The predicted molar refractivity (Wildman–Crippen MR) is 104 cm³/mol. The number of ether oxygens (including phenoxy) is 2. The zero-order valence-electron chi connectivity index (χ0n) is 15.9. The summed E-state index contributed by atoms with van der Waals surface area (Å²) < 4.78 is 51.2. The molecular weight excluding hydrogens is 413 g/mol. The van der Waals surface area contributed by atoms with Gasteiger partial charge in [-0.2, -0.15) is 23.4 Å². The third-order valence-electron chi connectivity index (χ3n) is 4.57. The molecule has 0 amide bonds. The Bertz CT molecular complexity index is 1230. The van der Waals surface area contributed by atoms with Crippen LogP contribution in [-0.2, 0) is 19.3 Å². The second kappa shape index (κ2) is 8.02. The van der Waals surface area contributed by atoms with E-state index in [4.69, 9.17) is 9.47 Å². The Morgan fingerprint density at radius 3 is 2.81 bits per heavy atom. The van der Waals surface area contributed by atoms with E-state index >= 15 is 0 Å². The number of aromatic nitrogens is 2. The van der Waals surface area contributed by atoms with E-state index in [-0.39, 0.29) is 29.5 Å². The first kappa shape index (κ1) is 20.3. The fourth-order valence-electron chi connectivity index (χ4n) is 3.08. The smallest absolute Gasteiger partial charge is 0.416 e. The largest absolute Gasteiger partial charge is 0.473 e. The first-order chi connectivity index (χ1) is 14.8. The molecule has 1 aliphatic rings. The molecule has 0 fully saturated rings. The minimum atomic E-state index is -4.50. The summed E-state index contributed by atoms with van der Waals surface area (Å²) in [5, 5.41) is 12.5. The van der Waals surface area contributed by atoms with Gasteiger partial charge in [0.2, 0.25) is 5.88 Å². The van der Waals surface area contributed by atoms with Crippen molar-refractivity contribution in [2.75, 3.05) is 11.9 Å². The fourth-order valence-corrected chi connectivity index (χ4v) is 3.08. The van der Waals surface area contributed by atoms with Gasteiger partial charge in [-0.1, -0.05) is 12.1 Å². The predicted octanol–water partition coefficient (Wildman–Crippen LogP) is 3.93. The maximum atomic E-state index is 12.9. The molecule has 3 aromatic rings. The zero-order chi connectivity index (χ0) is 22.0. The highest BCUT2D eigenvalue weighted by Gasteiger charge is 2.30. The van der Waals surface area contributed by atoms with Gasteiger partial charge < -0.3 is 14.8 Å². The van der Waals surface area contributed by atoms with E-state index in [0.717, 1.165) is 12.1 Å². The summed E-state index contributed by atoms with van der Waals surface area (Å²) in [6.45, 7) is 1.22. The van der Waals surface area contributed by atoms with Crippen LogP contribution in [0.5, 0.6) is 17.4 Å². The van der Waals surface area contributed by atoms with Crippen LogP contribution in [0.2, 0.25) is 0 Å². The second-order valence-electron chi connectivity index (χ2n) is 6.70. The molecule has 31 heavy (non-hydrogen) atoms. The number of nitrogens with one attached hydrogen (secondary N) is 1. The number of alkyl halides is 3. The SMILES string of the molecule is N#Cc1cc(COc2cc3n(c(=O)n2)CCN3)ccc1Oc1cccc(C(F)(F)F)c1. The molecular formula is C21H15F3N4O3. The van der Waals surface area contributed by atoms with Crippen molar-refractivity contribution in [3.05, 3.63) is 75.7 Å². The second-order valence-corrected chi connectivity index (χ2v) is 6.70. The molecule has 0 atom stereocenters. The van der Waals surface area contributed by atoms with E-state index < -0.39 is 17.4 Å². The van der Waals surface area contributed by atoms with E-state index in [1.54, 1.807) is 12.1 Å². The van der Waals surface area contributed by atoms with Crippen LogP contribution in [0.1, 0.15) is 16.7 Å². The van der Waals surface area contributed by atoms with Crippen LogP contribution in [0.25, 0.3) is 0 Å². The molecule has 0 radical (unpaired) electrons. The molecule has 0 saturated heterocycles. The van der Waals surface area contributed by atoms with Crippen molar-refractivity contribution in [1.82, 2.24) is 9.55 Å². The van der Waals surface area contributed by atoms with E-state index in [0.29, 0.717) is 24.5 Å². The quantitative estimate of drug-likeness (QED) is 0.663. The van der Waals surface area contributed by atoms with Crippen molar-refractivity contribution in [3.63, 3.8) is 0 Å². The van der Waals surface area contributed by atoms with Crippen molar-refractivity contribution in [2.24, 2.45) is 0 Å². The number of nitrogens with zero attached hydrogens (tertiary/aromatic N) is 3. The summed E-state index contributed by atoms with van der Waals surface area (Å²) in [4.78, 5) is 15.8. The van der Waals surface area contributed by atoms with Crippen LogP contribution < -0.4 is 20.5 Å². The molecule has 0 spiro atoms. The highest BCUT2D eigenvalue weighted by molar-refractivity contribution is 5.48. The standard InChI is InChI=1S/C21H15F3N4O3/c22-21(23,24)15-2-1-3-16(9-15)31-17-5-4-13(8-14(17)11-25)12-30-19-10-18-26-6-7-28(18)20(29)27-19/h1-5,8-10,26H,6-7,12H2. The first-order valence-corrected chi connectivity index (χ1v) is 9.20. The summed E-state index contributed by atoms with van der Waals surface area (Å²) in [6.07, 6.45) is -4.50. The highest BCUT2D eigenvalue weighted by Crippen LogP contribution is 2.33. The lowest BCUT2D eigenvalue weighted by Gasteiger charge is -2.12. The Labute approximate surface area is 174 Å². The topological polar surface area (TPSA) is 89.2 Å². The maximum absolute atomic E-state index is 12.9. The summed E-state index contributed by atoms with van der Waals surface area (Å²) >= 11 is 0. The molecule has 0 saturated carbocycles. The van der Waals surface area contributed by atoms with E-state index in [1.807, 2.05) is 6.07 Å². The number of hydrogen-bond donors (Lipinski definition) is 1. The van der Waals surface area contributed by atoms with Gasteiger partial charge in [-0.15, -0.1) is 0 Å². The van der Waals surface area contributed by atoms with Gasteiger partial charge >= 0.3 is 11.9 Å². The normalized spacial score (nSPS) is 12.6. The van der Waals surface area contributed by atoms with Crippen LogP contribution in [0, 0.1) is 11.3 Å². The van der Waals surface area contributed by atoms with E-state index in [2.05, 4.69) is 10.3 Å².